The molecule has 1 heterocycles. The Morgan fingerprint density at radius 1 is 1.43 bits per heavy atom. The monoisotopic (exact) mass is 233 g/mol. The van der Waals surface area contributed by atoms with Gasteiger partial charge in [0.15, 0.2) is 0 Å². The largest absolute Gasteiger partial charge is 0.469 e. The zero-order valence-corrected chi connectivity index (χ0v) is 8.24. The number of halogens is 4. The first-order chi connectivity index (χ1) is 5.96. The number of rotatable bonds is 1. The van der Waals surface area contributed by atoms with Gasteiger partial charge < -0.3 is 10.1 Å². The number of alkyl halides is 3. The Morgan fingerprint density at radius 2 is 2.00 bits per heavy atom. The molecular weight excluding hydrogens is 223 g/mol. The molecule has 0 unspecified atom stereocenters. The maximum absolute atomic E-state index is 12.3. The summed E-state index contributed by atoms with van der Waals surface area (Å²) < 4.78 is 41.1. The lowest BCUT2D eigenvalue weighted by atomic mass is 9.96. The number of esters is 1. The Labute approximate surface area is 85.4 Å². The van der Waals surface area contributed by atoms with Crippen LogP contribution in [0.25, 0.3) is 0 Å². The molecule has 0 radical (unpaired) electrons. The molecule has 0 amide bonds. The minimum atomic E-state index is -4.33. The number of methoxy groups -OCH3 is 1. The number of nitrogens with one attached hydrogen (secondary N) is 1. The third-order valence-corrected chi connectivity index (χ3v) is 2.14. The molecule has 7 heteroatoms. The highest BCUT2D eigenvalue weighted by Crippen LogP contribution is 2.34. The molecule has 0 aromatic rings. The summed E-state index contributed by atoms with van der Waals surface area (Å²) in [5.74, 6) is -3.50. The van der Waals surface area contributed by atoms with Gasteiger partial charge in [0, 0.05) is 13.1 Å². The van der Waals surface area contributed by atoms with Crippen molar-refractivity contribution >= 4 is 18.4 Å². The summed E-state index contributed by atoms with van der Waals surface area (Å²) in [7, 11) is 1.09. The highest BCUT2D eigenvalue weighted by molar-refractivity contribution is 5.85. The van der Waals surface area contributed by atoms with Gasteiger partial charge >= 0.3 is 12.1 Å². The molecule has 0 aromatic heterocycles. The maximum atomic E-state index is 12.3. The molecule has 1 aliphatic rings. The Hall–Kier alpha value is -0.490. The van der Waals surface area contributed by atoms with E-state index in [4.69, 9.17) is 0 Å². The van der Waals surface area contributed by atoms with Crippen LogP contribution in [0.1, 0.15) is 0 Å². The fraction of sp³-hybridized carbons (Fsp3) is 0.857. The molecule has 14 heavy (non-hydrogen) atoms. The number of carbonyl (C=O) groups excluding carboxylic acids is 1. The molecule has 0 saturated carbocycles. The van der Waals surface area contributed by atoms with Crippen molar-refractivity contribution < 1.29 is 22.7 Å². The second-order valence-corrected chi connectivity index (χ2v) is 2.94. The van der Waals surface area contributed by atoms with Crippen molar-refractivity contribution in [1.29, 1.82) is 0 Å². The standard InChI is InChI=1S/C7H10F3NO2.ClH/c1-13-6(12)4-2-11-3-5(4)7(8,9)10;/h4-5,11H,2-3H2,1H3;1H/t4-,5-;/m1./s1. The van der Waals surface area contributed by atoms with E-state index in [0.29, 0.717) is 0 Å². The van der Waals surface area contributed by atoms with Gasteiger partial charge in [-0.2, -0.15) is 13.2 Å². The second-order valence-electron chi connectivity index (χ2n) is 2.94. The van der Waals surface area contributed by atoms with E-state index in [1.165, 1.54) is 0 Å². The second kappa shape index (κ2) is 4.84. The molecule has 0 aliphatic carbocycles. The summed E-state index contributed by atoms with van der Waals surface area (Å²) in [4.78, 5) is 10.9. The highest BCUT2D eigenvalue weighted by atomic mass is 35.5. The predicted molar refractivity (Wildman–Crippen MR) is 45.2 cm³/mol. The van der Waals surface area contributed by atoms with Gasteiger partial charge in [-0.3, -0.25) is 4.79 Å². The van der Waals surface area contributed by atoms with Gasteiger partial charge in [-0.25, -0.2) is 0 Å². The van der Waals surface area contributed by atoms with Crippen molar-refractivity contribution in [3.8, 4) is 0 Å². The van der Waals surface area contributed by atoms with Crippen molar-refractivity contribution in [2.24, 2.45) is 11.8 Å². The smallest absolute Gasteiger partial charge is 0.393 e. The van der Waals surface area contributed by atoms with E-state index >= 15 is 0 Å². The molecule has 3 nitrogen and oxygen atoms in total. The number of ether oxygens (including phenoxy) is 1. The van der Waals surface area contributed by atoms with Crippen LogP contribution >= 0.6 is 12.4 Å². The molecule has 0 spiro atoms. The van der Waals surface area contributed by atoms with Gasteiger partial charge in [0.25, 0.3) is 0 Å². The zero-order valence-electron chi connectivity index (χ0n) is 7.43. The van der Waals surface area contributed by atoms with Gasteiger partial charge in [0.05, 0.1) is 18.9 Å². The molecule has 1 rings (SSSR count). The zero-order chi connectivity index (χ0) is 10.1. The van der Waals surface area contributed by atoms with E-state index < -0.39 is 24.0 Å². The van der Waals surface area contributed by atoms with E-state index in [9.17, 15) is 18.0 Å². The lowest BCUT2D eigenvalue weighted by Crippen LogP contribution is -2.34. The first kappa shape index (κ1) is 13.5. The van der Waals surface area contributed by atoms with E-state index in [-0.39, 0.29) is 25.5 Å². The van der Waals surface area contributed by atoms with Crippen LogP contribution in [0, 0.1) is 11.8 Å². The number of hydrogen-bond acceptors (Lipinski definition) is 3. The van der Waals surface area contributed by atoms with Crippen LogP contribution in [0.3, 0.4) is 0 Å². The van der Waals surface area contributed by atoms with Crippen molar-refractivity contribution in [2.45, 2.75) is 6.18 Å². The highest BCUT2D eigenvalue weighted by Gasteiger charge is 2.50. The lowest BCUT2D eigenvalue weighted by molar-refractivity contribution is -0.188. The minimum absolute atomic E-state index is 0. The van der Waals surface area contributed by atoms with Gasteiger partial charge in [0.2, 0.25) is 0 Å². The summed E-state index contributed by atoms with van der Waals surface area (Å²) in [5, 5.41) is 2.52. The quantitative estimate of drug-likeness (QED) is 0.686. The van der Waals surface area contributed by atoms with Crippen LogP contribution in [-0.4, -0.2) is 32.3 Å². The third-order valence-electron chi connectivity index (χ3n) is 2.14. The van der Waals surface area contributed by atoms with E-state index in [1.807, 2.05) is 0 Å². The first-order valence-corrected chi connectivity index (χ1v) is 3.82. The van der Waals surface area contributed by atoms with Gasteiger partial charge in [-0.05, 0) is 0 Å². The third kappa shape index (κ3) is 2.75. The molecule has 0 bridgehead atoms. The van der Waals surface area contributed by atoms with Crippen molar-refractivity contribution in [3.63, 3.8) is 0 Å². The predicted octanol–water partition coefficient (Wildman–Crippen LogP) is 0.979. The average molecular weight is 234 g/mol. The number of hydrogen-bond donors (Lipinski definition) is 1. The average Bonchev–Trinajstić information content (AvgIpc) is 2.49. The van der Waals surface area contributed by atoms with Crippen molar-refractivity contribution in [1.82, 2.24) is 5.32 Å². The Morgan fingerprint density at radius 3 is 2.43 bits per heavy atom. The minimum Gasteiger partial charge on any atom is -0.469 e. The van der Waals surface area contributed by atoms with Crippen LogP contribution in [0.15, 0.2) is 0 Å². The number of carbonyl (C=O) groups is 1. The first-order valence-electron chi connectivity index (χ1n) is 3.82. The van der Waals surface area contributed by atoms with E-state index in [2.05, 4.69) is 10.1 Å². The van der Waals surface area contributed by atoms with Crippen LogP contribution < -0.4 is 5.32 Å². The maximum Gasteiger partial charge on any atom is 0.393 e. The molecule has 1 N–H and O–H groups in total. The topological polar surface area (TPSA) is 38.3 Å². The van der Waals surface area contributed by atoms with E-state index in [0.717, 1.165) is 7.11 Å². The SMILES string of the molecule is COC(=O)[C@@H]1CNC[C@H]1C(F)(F)F.Cl. The molecule has 0 aromatic carbocycles. The summed E-state index contributed by atoms with van der Waals surface area (Å²) >= 11 is 0. The fourth-order valence-corrected chi connectivity index (χ4v) is 1.42. The lowest BCUT2D eigenvalue weighted by Gasteiger charge is -2.18. The van der Waals surface area contributed by atoms with Crippen LogP contribution in [0.2, 0.25) is 0 Å². The Kier molecular flexibility index (Phi) is 4.67. The van der Waals surface area contributed by atoms with Gasteiger partial charge in [0.1, 0.15) is 0 Å². The molecular formula is C7H11ClF3NO2. The van der Waals surface area contributed by atoms with Gasteiger partial charge in [-0.15, -0.1) is 12.4 Å². The van der Waals surface area contributed by atoms with Gasteiger partial charge in [-0.1, -0.05) is 0 Å². The fourth-order valence-electron chi connectivity index (χ4n) is 1.42. The van der Waals surface area contributed by atoms with Crippen molar-refractivity contribution in [3.05, 3.63) is 0 Å². The molecule has 1 fully saturated rings. The molecule has 2 atom stereocenters. The molecule has 1 saturated heterocycles. The molecule has 84 valence electrons. The molecule has 1 aliphatic heterocycles. The normalized spacial score (nSPS) is 26.9. The van der Waals surface area contributed by atoms with E-state index in [1.54, 1.807) is 0 Å². The summed E-state index contributed by atoms with van der Waals surface area (Å²) in [6.45, 7) is -0.167. The van der Waals surface area contributed by atoms with Crippen LogP contribution in [0.4, 0.5) is 13.2 Å². The Balaban J connectivity index is 0.00000169. The summed E-state index contributed by atoms with van der Waals surface area (Å²) in [6, 6.07) is 0. The van der Waals surface area contributed by atoms with Crippen LogP contribution in [-0.2, 0) is 9.53 Å². The Bertz CT molecular complexity index is 210. The summed E-state index contributed by atoms with van der Waals surface area (Å²) in [5.41, 5.74) is 0. The summed E-state index contributed by atoms with van der Waals surface area (Å²) in [6.07, 6.45) is -4.33. The van der Waals surface area contributed by atoms with Crippen molar-refractivity contribution in [2.75, 3.05) is 20.2 Å². The van der Waals surface area contributed by atoms with Crippen LogP contribution in [0.5, 0.6) is 0 Å².